The maximum Gasteiger partial charge on any atom is 0.240 e. The molecule has 2 aromatic rings. The number of aromatic nitrogens is 2. The van der Waals surface area contributed by atoms with E-state index in [-0.39, 0.29) is 11.2 Å². The number of hydrogen-bond donors (Lipinski definition) is 1. The van der Waals surface area contributed by atoms with E-state index in [1.54, 1.807) is 0 Å². The molecule has 1 heterocycles. The summed E-state index contributed by atoms with van der Waals surface area (Å²) in [4.78, 5) is 14.6. The average Bonchev–Trinajstić information content (AvgIpc) is 2.92. The summed E-state index contributed by atoms with van der Waals surface area (Å²) < 4.78 is 0.710. The fourth-order valence-corrected chi connectivity index (χ4v) is 3.87. The minimum absolute atomic E-state index is 0.0879. The lowest BCUT2D eigenvalue weighted by atomic mass is 10.1. The number of nitrogens with zero attached hydrogens (tertiary/aromatic N) is 3. The third kappa shape index (κ3) is 3.95. The Balaban J connectivity index is 2.28. The second-order valence-corrected chi connectivity index (χ2v) is 6.69. The van der Waals surface area contributed by atoms with Crippen LogP contribution in [-0.4, -0.2) is 34.1 Å². The summed E-state index contributed by atoms with van der Waals surface area (Å²) in [6.07, 6.45) is 0. The zero-order valence-corrected chi connectivity index (χ0v) is 13.7. The first-order valence-corrected chi connectivity index (χ1v) is 8.44. The molecule has 0 unspecified atom stereocenters. The summed E-state index contributed by atoms with van der Waals surface area (Å²) in [5, 5.41) is 7.91. The van der Waals surface area contributed by atoms with Crippen LogP contribution in [0.4, 0.5) is 5.13 Å². The molecule has 112 valence electrons. The van der Waals surface area contributed by atoms with Crippen LogP contribution in [0.3, 0.4) is 0 Å². The topological polar surface area (TPSA) is 72.1 Å². The van der Waals surface area contributed by atoms with Crippen molar-refractivity contribution < 1.29 is 4.79 Å². The van der Waals surface area contributed by atoms with Crippen molar-refractivity contribution >= 4 is 34.1 Å². The lowest BCUT2D eigenvalue weighted by Crippen LogP contribution is -2.33. The molecule has 2 N–H and O–H groups in total. The van der Waals surface area contributed by atoms with Crippen LogP contribution in [0.2, 0.25) is 0 Å². The first-order chi connectivity index (χ1) is 10.2. The molecule has 21 heavy (non-hydrogen) atoms. The van der Waals surface area contributed by atoms with Crippen LogP contribution in [0.25, 0.3) is 0 Å². The fraction of sp³-hybridized carbons (Fsp3) is 0.357. The molecule has 1 amide bonds. The molecule has 5 nitrogen and oxygen atoms in total. The van der Waals surface area contributed by atoms with Crippen LogP contribution in [0, 0.1) is 0 Å². The zero-order chi connectivity index (χ0) is 15.2. The third-order valence-corrected chi connectivity index (χ3v) is 5.12. The molecule has 2 rings (SSSR count). The third-order valence-electron chi connectivity index (χ3n) is 3.04. The van der Waals surface area contributed by atoms with Gasteiger partial charge < -0.3 is 10.6 Å². The van der Waals surface area contributed by atoms with Gasteiger partial charge in [0.05, 0.1) is 0 Å². The minimum Gasteiger partial charge on any atom is -0.374 e. The standard InChI is InChI=1S/C14H18N4OS2/c1-3-18(4-2)12(19)11(10-8-6-5-7-9-10)20-14-17-16-13(15)21-14/h5-9,11H,3-4H2,1-2H3,(H2,15,16)/t11-/m0/s1. The van der Waals surface area contributed by atoms with Crippen molar-refractivity contribution in [1.82, 2.24) is 15.1 Å². The number of amides is 1. The van der Waals surface area contributed by atoms with Gasteiger partial charge in [0.25, 0.3) is 0 Å². The Morgan fingerprint density at radius 3 is 2.48 bits per heavy atom. The maximum absolute atomic E-state index is 12.7. The SMILES string of the molecule is CCN(CC)C(=O)[C@@H](Sc1nnc(N)s1)c1ccccc1. The van der Waals surface area contributed by atoms with Gasteiger partial charge in [0.15, 0.2) is 4.34 Å². The fourth-order valence-electron chi connectivity index (χ4n) is 1.96. The molecule has 0 saturated carbocycles. The van der Waals surface area contributed by atoms with E-state index >= 15 is 0 Å². The van der Waals surface area contributed by atoms with Crippen LogP contribution in [0.1, 0.15) is 24.7 Å². The highest BCUT2D eigenvalue weighted by molar-refractivity contribution is 8.01. The smallest absolute Gasteiger partial charge is 0.240 e. The van der Waals surface area contributed by atoms with Gasteiger partial charge in [0.2, 0.25) is 11.0 Å². The highest BCUT2D eigenvalue weighted by atomic mass is 32.2. The number of carbonyl (C=O) groups is 1. The Morgan fingerprint density at radius 2 is 1.95 bits per heavy atom. The minimum atomic E-state index is -0.321. The molecule has 0 aliphatic rings. The number of benzene rings is 1. The van der Waals surface area contributed by atoms with Gasteiger partial charge in [-0.2, -0.15) is 0 Å². The highest BCUT2D eigenvalue weighted by Crippen LogP contribution is 2.38. The largest absolute Gasteiger partial charge is 0.374 e. The molecule has 7 heteroatoms. The van der Waals surface area contributed by atoms with Crippen LogP contribution in [-0.2, 0) is 4.79 Å². The molecule has 1 aromatic carbocycles. The van der Waals surface area contributed by atoms with Gasteiger partial charge in [-0.15, -0.1) is 10.2 Å². The van der Waals surface area contributed by atoms with Crippen molar-refractivity contribution in [3.8, 4) is 0 Å². The summed E-state index contributed by atoms with van der Waals surface area (Å²) in [5.74, 6) is 0.0879. The van der Waals surface area contributed by atoms with Crippen LogP contribution in [0.15, 0.2) is 34.7 Å². The van der Waals surface area contributed by atoms with E-state index in [0.29, 0.717) is 22.6 Å². The summed E-state index contributed by atoms with van der Waals surface area (Å²) in [6.45, 7) is 5.35. The van der Waals surface area contributed by atoms with Gasteiger partial charge >= 0.3 is 0 Å². The Kier molecular flexibility index (Phi) is 5.58. The molecule has 0 aliphatic heterocycles. The van der Waals surface area contributed by atoms with Crippen molar-refractivity contribution in [1.29, 1.82) is 0 Å². The van der Waals surface area contributed by atoms with E-state index in [4.69, 9.17) is 5.73 Å². The van der Waals surface area contributed by atoms with Gasteiger partial charge in [-0.25, -0.2) is 0 Å². The normalized spacial score (nSPS) is 12.1. The van der Waals surface area contributed by atoms with E-state index < -0.39 is 0 Å². The Labute approximate surface area is 132 Å². The van der Waals surface area contributed by atoms with Gasteiger partial charge in [-0.1, -0.05) is 53.4 Å². The molecule has 1 atom stereocenters. The number of thioether (sulfide) groups is 1. The first-order valence-electron chi connectivity index (χ1n) is 6.75. The molecule has 0 bridgehead atoms. The van der Waals surface area contributed by atoms with Gasteiger partial charge in [0, 0.05) is 13.1 Å². The quantitative estimate of drug-likeness (QED) is 0.828. The predicted octanol–water partition coefficient (Wildman–Crippen LogP) is 2.82. The van der Waals surface area contributed by atoms with E-state index in [1.807, 2.05) is 49.1 Å². The maximum atomic E-state index is 12.7. The van der Waals surface area contributed by atoms with E-state index in [2.05, 4.69) is 10.2 Å². The van der Waals surface area contributed by atoms with E-state index in [0.717, 1.165) is 5.56 Å². The molecular weight excluding hydrogens is 304 g/mol. The van der Waals surface area contributed by atoms with E-state index in [9.17, 15) is 4.79 Å². The van der Waals surface area contributed by atoms with Crippen LogP contribution < -0.4 is 5.73 Å². The molecule has 1 aromatic heterocycles. The number of nitrogen functional groups attached to an aromatic ring is 1. The zero-order valence-electron chi connectivity index (χ0n) is 12.0. The Hall–Kier alpha value is -1.60. The Bertz CT molecular complexity index is 584. The van der Waals surface area contributed by atoms with E-state index in [1.165, 1.54) is 23.1 Å². The van der Waals surface area contributed by atoms with Crippen molar-refractivity contribution in [2.75, 3.05) is 18.8 Å². The Morgan fingerprint density at radius 1 is 1.29 bits per heavy atom. The number of anilines is 1. The summed E-state index contributed by atoms with van der Waals surface area (Å²) >= 11 is 2.71. The number of rotatable bonds is 6. The second-order valence-electron chi connectivity index (χ2n) is 4.33. The average molecular weight is 322 g/mol. The lowest BCUT2D eigenvalue weighted by Gasteiger charge is -2.24. The molecule has 0 spiro atoms. The molecule has 0 radical (unpaired) electrons. The number of likely N-dealkylation sites (N-methyl/N-ethyl adjacent to an activating group) is 1. The van der Waals surface area contributed by atoms with Crippen molar-refractivity contribution in [2.24, 2.45) is 0 Å². The molecule has 0 saturated heterocycles. The highest BCUT2D eigenvalue weighted by Gasteiger charge is 2.26. The predicted molar refractivity (Wildman–Crippen MR) is 87.3 cm³/mol. The number of carbonyl (C=O) groups excluding carboxylic acids is 1. The summed E-state index contributed by atoms with van der Waals surface area (Å²) in [6, 6.07) is 9.74. The van der Waals surface area contributed by atoms with Crippen molar-refractivity contribution in [3.63, 3.8) is 0 Å². The molecular formula is C14H18N4OS2. The van der Waals surface area contributed by atoms with Crippen LogP contribution in [0.5, 0.6) is 0 Å². The monoisotopic (exact) mass is 322 g/mol. The number of nitrogens with two attached hydrogens (primary N) is 1. The first kappa shape index (κ1) is 15.8. The number of hydrogen-bond acceptors (Lipinski definition) is 6. The second kappa shape index (κ2) is 7.42. The van der Waals surface area contributed by atoms with Crippen molar-refractivity contribution in [2.45, 2.75) is 23.4 Å². The van der Waals surface area contributed by atoms with Crippen molar-refractivity contribution in [3.05, 3.63) is 35.9 Å². The van der Waals surface area contributed by atoms with Crippen LogP contribution >= 0.6 is 23.1 Å². The molecule has 0 aliphatic carbocycles. The summed E-state index contributed by atoms with van der Waals surface area (Å²) in [5.41, 5.74) is 6.58. The molecule has 0 fully saturated rings. The van der Waals surface area contributed by atoms with Gasteiger partial charge in [0.1, 0.15) is 5.25 Å². The van der Waals surface area contributed by atoms with Gasteiger partial charge in [-0.3, -0.25) is 4.79 Å². The summed E-state index contributed by atoms with van der Waals surface area (Å²) in [7, 11) is 0. The van der Waals surface area contributed by atoms with Gasteiger partial charge in [-0.05, 0) is 19.4 Å². The lowest BCUT2D eigenvalue weighted by molar-refractivity contribution is -0.130.